The van der Waals surface area contributed by atoms with Crippen molar-refractivity contribution in [3.63, 3.8) is 0 Å². The van der Waals surface area contributed by atoms with E-state index in [1.807, 2.05) is 88.1 Å². The van der Waals surface area contributed by atoms with Crippen LogP contribution >= 0.6 is 0 Å². The number of rotatable bonds is 8. The van der Waals surface area contributed by atoms with Crippen LogP contribution in [0.15, 0.2) is 194 Å². The maximum absolute atomic E-state index is 9.25. The first-order valence-corrected chi connectivity index (χ1v) is 25.6. The van der Waals surface area contributed by atoms with Gasteiger partial charge in [0.25, 0.3) is 6.33 Å². The zero-order valence-corrected chi connectivity index (χ0v) is 44.9. The molecular formula is C70H68N4O. The first kappa shape index (κ1) is 38.5. The van der Waals surface area contributed by atoms with Crippen molar-refractivity contribution in [2.45, 2.75) is 105 Å². The van der Waals surface area contributed by atoms with Gasteiger partial charge >= 0.3 is 0 Å². The van der Waals surface area contributed by atoms with Crippen molar-refractivity contribution in [2.24, 2.45) is 0 Å². The average Bonchev–Trinajstić information content (AvgIpc) is 2.28. The molecule has 0 saturated carbocycles. The largest absolute Gasteiger partial charge is 0.458 e. The van der Waals surface area contributed by atoms with Crippen LogP contribution in [0.1, 0.15) is 119 Å². The summed E-state index contributed by atoms with van der Waals surface area (Å²) in [6.45, 7) is 25.9. The highest BCUT2D eigenvalue weighted by Crippen LogP contribution is 2.43. The third kappa shape index (κ3) is 9.46. The molecule has 5 nitrogen and oxygen atoms in total. The van der Waals surface area contributed by atoms with E-state index in [4.69, 9.17) is 20.7 Å². The number of benzene rings is 8. The Labute approximate surface area is 457 Å². The molecular weight excluding hydrogens is 913 g/mol. The monoisotopic (exact) mass is 991 g/mol. The second kappa shape index (κ2) is 18.4. The first-order chi connectivity index (χ1) is 39.8. The summed E-state index contributed by atoms with van der Waals surface area (Å²) in [5.74, 6) is 1.90. The zero-order valence-electron chi connectivity index (χ0n) is 54.9. The molecule has 374 valence electrons. The van der Waals surface area contributed by atoms with Crippen molar-refractivity contribution < 1.29 is 23.0 Å². The Hall–Kier alpha value is -8.02. The molecule has 0 atom stereocenters. The number of ether oxygens (including phenoxy) is 1. The summed E-state index contributed by atoms with van der Waals surface area (Å²) >= 11 is 0. The number of hydrogen-bond acceptors (Lipinski definition) is 2. The van der Waals surface area contributed by atoms with Gasteiger partial charge in [0, 0.05) is 23.0 Å². The Kier molecular flexibility index (Phi) is 9.47. The molecule has 0 aliphatic rings. The summed E-state index contributed by atoms with van der Waals surface area (Å²) in [6.07, 6.45) is 5.62. The van der Waals surface area contributed by atoms with Crippen molar-refractivity contribution in [1.82, 2.24) is 14.1 Å². The summed E-state index contributed by atoms with van der Waals surface area (Å²) < 4.78 is 101. The second-order valence-electron chi connectivity index (χ2n) is 23.7. The fourth-order valence-electron chi connectivity index (χ4n) is 9.96. The minimum atomic E-state index is -0.656. The van der Waals surface area contributed by atoms with Gasteiger partial charge in [0.1, 0.15) is 17.3 Å². The van der Waals surface area contributed by atoms with Gasteiger partial charge in [-0.2, -0.15) is 0 Å². The first-order valence-electron chi connectivity index (χ1n) is 30.6. The topological polar surface area (TPSA) is 35.9 Å². The van der Waals surface area contributed by atoms with Crippen molar-refractivity contribution >= 4 is 32.8 Å². The normalized spacial score (nSPS) is 14.4. The van der Waals surface area contributed by atoms with Crippen molar-refractivity contribution in [2.75, 3.05) is 0 Å². The third-order valence-electron chi connectivity index (χ3n) is 14.1. The summed E-state index contributed by atoms with van der Waals surface area (Å²) in [7, 11) is 0. The highest BCUT2D eigenvalue weighted by atomic mass is 16.5. The van der Waals surface area contributed by atoms with Crippen LogP contribution in [0.4, 0.5) is 0 Å². The van der Waals surface area contributed by atoms with Crippen LogP contribution in [0, 0.1) is 6.33 Å². The van der Waals surface area contributed by atoms with Crippen molar-refractivity contribution in [3.05, 3.63) is 223 Å². The maximum atomic E-state index is 9.25. The van der Waals surface area contributed by atoms with Gasteiger partial charge in [-0.05, 0) is 138 Å². The van der Waals surface area contributed by atoms with Gasteiger partial charge in [-0.1, -0.05) is 204 Å². The van der Waals surface area contributed by atoms with Gasteiger partial charge in [0.15, 0.2) is 0 Å². The Morgan fingerprint density at radius 2 is 1.12 bits per heavy atom. The molecule has 3 aromatic heterocycles. The van der Waals surface area contributed by atoms with Crippen LogP contribution in [0.5, 0.6) is 11.5 Å². The van der Waals surface area contributed by atoms with Crippen LogP contribution in [-0.2, 0) is 21.7 Å². The zero-order chi connectivity index (χ0) is 61.3. The van der Waals surface area contributed by atoms with Crippen LogP contribution in [0.3, 0.4) is 0 Å². The molecule has 0 N–H and O–H groups in total. The second-order valence-corrected chi connectivity index (χ2v) is 23.7. The van der Waals surface area contributed by atoms with E-state index in [0.29, 0.717) is 50.6 Å². The molecule has 0 radical (unpaired) electrons. The molecule has 11 aromatic rings. The lowest BCUT2D eigenvalue weighted by Gasteiger charge is -2.30. The van der Waals surface area contributed by atoms with Crippen LogP contribution < -0.4 is 9.30 Å². The quantitative estimate of drug-likeness (QED) is 0.112. The summed E-state index contributed by atoms with van der Waals surface area (Å²) in [4.78, 5) is 4.88. The number of pyridine rings is 1. The number of aromatic nitrogens is 4. The standard InChI is InChI=1S/C70H68N4O/c1-67(2,3)51-34-35-71-65(42-51)74-61-29-20-19-28-57(61)58-32-31-56(44-63(58)74)75-55-27-21-26-54(43-55)72-45-73(62-33-30-48(40-64(62)72)46-22-15-13-16-23-46)66-59(50-36-52(68(4,5)6)41-53(37-50)69(7,8)9)38-49(39-60(66)70(10,11)12)47-24-17-14-18-25-47/h13-44H,1-12H3/i13D,14D,15D,16D,17D,18D,22D,23D,24D,25D. The number of fused-ring (bicyclic) bond motifs is 4. The van der Waals surface area contributed by atoms with Gasteiger partial charge in [0.2, 0.25) is 0 Å². The summed E-state index contributed by atoms with van der Waals surface area (Å²) in [5.41, 5.74) is 9.78. The molecule has 0 fully saturated rings. The Morgan fingerprint density at radius 1 is 0.480 bits per heavy atom. The van der Waals surface area contributed by atoms with E-state index in [1.54, 1.807) is 6.07 Å². The fraction of sp³-hybridized carbons (Fsp3) is 0.229. The third-order valence-corrected chi connectivity index (χ3v) is 14.1. The minimum Gasteiger partial charge on any atom is -0.458 e. The molecule has 75 heavy (non-hydrogen) atoms. The number of nitrogens with zero attached hydrogens (tertiary/aromatic N) is 4. The molecule has 3 heterocycles. The van der Waals surface area contributed by atoms with Gasteiger partial charge in [-0.15, -0.1) is 0 Å². The molecule has 0 aliphatic heterocycles. The lowest BCUT2D eigenvalue weighted by molar-refractivity contribution is -0.572. The Bertz CT molecular complexity index is 4480. The molecule has 0 aliphatic carbocycles. The molecule has 0 spiro atoms. The van der Waals surface area contributed by atoms with Crippen LogP contribution in [0.2, 0.25) is 0 Å². The highest BCUT2D eigenvalue weighted by Gasteiger charge is 2.29. The van der Waals surface area contributed by atoms with E-state index in [-0.39, 0.29) is 51.5 Å². The lowest BCUT2D eigenvalue weighted by atomic mass is 9.77. The molecule has 0 amide bonds. The minimum absolute atomic E-state index is 0.0465. The predicted molar refractivity (Wildman–Crippen MR) is 313 cm³/mol. The van der Waals surface area contributed by atoms with E-state index in [9.17, 15) is 2.74 Å². The van der Waals surface area contributed by atoms with Crippen molar-refractivity contribution in [1.29, 1.82) is 0 Å². The average molecular weight is 991 g/mol. The number of hydrogen-bond donors (Lipinski definition) is 0. The smallest absolute Gasteiger partial charge is 0.269 e. The van der Waals surface area contributed by atoms with E-state index < -0.39 is 41.7 Å². The van der Waals surface area contributed by atoms with Gasteiger partial charge < -0.3 is 4.74 Å². The molecule has 11 rings (SSSR count). The molecule has 0 bridgehead atoms. The lowest BCUT2D eigenvalue weighted by Crippen LogP contribution is -2.35. The SMILES string of the molecule is [2H]c1c([2H])c([2H])c(-c2cc(-c3cc(C(C)(C)C)cc(C(C)(C)C)c3)c(-[n+]3[c-]n(-c4cccc(Oc5ccc6c7ccccc7n(-c7cc(C(C)(C)C)ccn7)c6c5)c4)c4cc(-c5c([2H])c([2H])c([2H])c([2H])c5[2H])ccc43)c(C(C)(C)C)c2)c([2H])c1[2H]. The predicted octanol–water partition coefficient (Wildman–Crippen LogP) is 18.2. The summed E-state index contributed by atoms with van der Waals surface area (Å²) in [6, 6.07) is 38.1. The van der Waals surface area contributed by atoms with Gasteiger partial charge in [0.05, 0.1) is 47.1 Å². The van der Waals surface area contributed by atoms with E-state index in [0.717, 1.165) is 55.4 Å². The summed E-state index contributed by atoms with van der Waals surface area (Å²) in [5, 5.41) is 2.13. The fourth-order valence-corrected chi connectivity index (χ4v) is 9.96. The van der Waals surface area contributed by atoms with E-state index in [2.05, 4.69) is 143 Å². The number of imidazole rings is 1. The van der Waals surface area contributed by atoms with Crippen LogP contribution in [-0.4, -0.2) is 14.1 Å². The van der Waals surface area contributed by atoms with Gasteiger partial charge in [-0.25, -0.2) is 4.98 Å². The highest BCUT2D eigenvalue weighted by molar-refractivity contribution is 6.09. The molecule has 8 aromatic carbocycles. The van der Waals surface area contributed by atoms with E-state index in [1.165, 1.54) is 0 Å². The molecule has 0 saturated heterocycles. The number of para-hydroxylation sites is 1. The van der Waals surface area contributed by atoms with Gasteiger partial charge in [-0.3, -0.25) is 13.7 Å². The van der Waals surface area contributed by atoms with E-state index >= 15 is 0 Å². The van der Waals surface area contributed by atoms with Crippen LogP contribution in [0.25, 0.3) is 83.4 Å². The molecule has 0 unspecified atom stereocenters. The van der Waals surface area contributed by atoms with Crippen molar-refractivity contribution in [3.8, 4) is 62.1 Å². The maximum Gasteiger partial charge on any atom is 0.269 e. The molecule has 5 heteroatoms. The Balaban J connectivity index is 1.18. The Morgan fingerprint density at radius 3 is 1.79 bits per heavy atom.